The molecule has 0 unspecified atom stereocenters. The first kappa shape index (κ1) is 21.8. The molecule has 0 spiro atoms. The summed E-state index contributed by atoms with van der Waals surface area (Å²) in [6.07, 6.45) is 0.196. The summed E-state index contributed by atoms with van der Waals surface area (Å²) in [5.74, 6) is -0.107. The number of phenolic OH excluding ortho intramolecular Hbond substituents is 1. The summed E-state index contributed by atoms with van der Waals surface area (Å²) < 4.78 is 6.97. The van der Waals surface area contributed by atoms with E-state index in [1.807, 2.05) is 48.5 Å². The molecule has 178 valence electrons. The number of nitrogens with zero attached hydrogens (tertiary/aromatic N) is 4. The standard InChI is InChI=1S/C27H21N5O4/c28-12-11-24(34)31-15-17-5-1-2-6-19(17)25-26(20-7-3-4-8-21(20)31)32(30-29-25)22-13-16-9-10-18(33)14-23(16)36-27(22)35/h1-10,13-14,33H,11-12,15,28H2. The fraction of sp³-hybridized carbons (Fsp3) is 0.111. The number of carbonyl (C=O) groups is 1. The van der Waals surface area contributed by atoms with Crippen LogP contribution in [0.2, 0.25) is 0 Å². The van der Waals surface area contributed by atoms with Crippen molar-refractivity contribution in [1.82, 2.24) is 15.0 Å². The van der Waals surface area contributed by atoms with Gasteiger partial charge in [0, 0.05) is 35.5 Å². The lowest BCUT2D eigenvalue weighted by Crippen LogP contribution is -2.33. The van der Waals surface area contributed by atoms with Crippen molar-refractivity contribution >= 4 is 22.6 Å². The first-order valence-corrected chi connectivity index (χ1v) is 11.5. The minimum absolute atomic E-state index is 0.00274. The van der Waals surface area contributed by atoms with Gasteiger partial charge in [-0.3, -0.25) is 4.79 Å². The molecule has 1 aliphatic heterocycles. The molecule has 3 N–H and O–H groups in total. The molecular formula is C27H21N5O4. The Kier molecular flexibility index (Phi) is 5.12. The lowest BCUT2D eigenvalue weighted by Gasteiger charge is -2.28. The molecular weight excluding hydrogens is 458 g/mol. The number of carbonyl (C=O) groups excluding carboxylic acids is 1. The molecule has 0 aliphatic carbocycles. The second-order valence-corrected chi connectivity index (χ2v) is 8.53. The normalized spacial score (nSPS) is 12.4. The third kappa shape index (κ3) is 3.45. The Hall–Kier alpha value is -4.76. The third-order valence-electron chi connectivity index (χ3n) is 6.31. The summed E-state index contributed by atoms with van der Waals surface area (Å²) in [4.78, 5) is 28.0. The van der Waals surface area contributed by atoms with Gasteiger partial charge < -0.3 is 20.2 Å². The molecule has 0 bridgehead atoms. The van der Waals surface area contributed by atoms with Crippen LogP contribution in [0.25, 0.3) is 39.2 Å². The topological polar surface area (TPSA) is 127 Å². The highest BCUT2D eigenvalue weighted by molar-refractivity contribution is 6.00. The summed E-state index contributed by atoms with van der Waals surface area (Å²) in [6.45, 7) is 0.581. The number of aromatic hydroxyl groups is 1. The number of rotatable bonds is 3. The third-order valence-corrected chi connectivity index (χ3v) is 6.31. The van der Waals surface area contributed by atoms with E-state index in [1.165, 1.54) is 16.8 Å². The smallest absolute Gasteiger partial charge is 0.362 e. The summed E-state index contributed by atoms with van der Waals surface area (Å²) in [7, 11) is 0. The van der Waals surface area contributed by atoms with Crippen molar-refractivity contribution in [3.63, 3.8) is 0 Å². The van der Waals surface area contributed by atoms with Crippen LogP contribution in [-0.4, -0.2) is 32.6 Å². The van der Waals surface area contributed by atoms with Crippen LogP contribution in [-0.2, 0) is 11.3 Å². The van der Waals surface area contributed by atoms with Crippen molar-refractivity contribution in [3.05, 3.63) is 88.8 Å². The van der Waals surface area contributed by atoms with E-state index >= 15 is 0 Å². The van der Waals surface area contributed by atoms with E-state index in [0.717, 1.165) is 11.1 Å². The summed E-state index contributed by atoms with van der Waals surface area (Å²) in [5.41, 5.74) is 9.74. The van der Waals surface area contributed by atoms with Crippen LogP contribution < -0.4 is 16.3 Å². The Morgan fingerprint density at radius 2 is 1.78 bits per heavy atom. The molecule has 1 amide bonds. The second kappa shape index (κ2) is 8.47. The minimum Gasteiger partial charge on any atom is -0.508 e. The zero-order valence-corrected chi connectivity index (χ0v) is 19.1. The molecule has 6 rings (SSSR count). The number of hydrogen-bond donors (Lipinski definition) is 2. The molecule has 9 nitrogen and oxygen atoms in total. The van der Waals surface area contributed by atoms with Gasteiger partial charge >= 0.3 is 5.63 Å². The SMILES string of the molecule is NCCC(=O)N1Cc2ccccc2-c2nnn(-c3cc4ccc(O)cc4oc3=O)c2-c2ccccc21. The van der Waals surface area contributed by atoms with E-state index in [4.69, 9.17) is 10.2 Å². The van der Waals surface area contributed by atoms with E-state index in [9.17, 15) is 14.7 Å². The van der Waals surface area contributed by atoms with Crippen LogP contribution in [0.15, 0.2) is 82.0 Å². The average Bonchev–Trinajstić information content (AvgIpc) is 3.30. The predicted octanol–water partition coefficient (Wildman–Crippen LogP) is 3.61. The fourth-order valence-corrected chi connectivity index (χ4v) is 4.65. The van der Waals surface area contributed by atoms with Crippen molar-refractivity contribution in [2.45, 2.75) is 13.0 Å². The minimum atomic E-state index is -0.635. The van der Waals surface area contributed by atoms with E-state index < -0.39 is 5.63 Å². The van der Waals surface area contributed by atoms with Gasteiger partial charge in [0.25, 0.3) is 0 Å². The number of nitrogens with two attached hydrogens (primary N) is 1. The van der Waals surface area contributed by atoms with Crippen LogP contribution in [0.4, 0.5) is 5.69 Å². The highest BCUT2D eigenvalue weighted by atomic mass is 16.4. The molecule has 0 fully saturated rings. The van der Waals surface area contributed by atoms with Crippen molar-refractivity contribution in [3.8, 4) is 34.0 Å². The average molecular weight is 479 g/mol. The molecule has 0 atom stereocenters. The Morgan fingerprint density at radius 1 is 1.00 bits per heavy atom. The molecule has 5 aromatic rings. The van der Waals surface area contributed by atoms with Gasteiger partial charge in [-0.05, 0) is 29.8 Å². The fourth-order valence-electron chi connectivity index (χ4n) is 4.65. The number of benzene rings is 3. The Morgan fingerprint density at radius 3 is 2.61 bits per heavy atom. The van der Waals surface area contributed by atoms with Gasteiger partial charge in [0.2, 0.25) is 5.91 Å². The summed E-state index contributed by atoms with van der Waals surface area (Å²) in [5, 5.41) is 19.2. The first-order chi connectivity index (χ1) is 17.5. The molecule has 36 heavy (non-hydrogen) atoms. The number of aromatic nitrogens is 3. The van der Waals surface area contributed by atoms with Crippen molar-refractivity contribution in [1.29, 1.82) is 0 Å². The highest BCUT2D eigenvalue weighted by Crippen LogP contribution is 2.42. The van der Waals surface area contributed by atoms with Crippen LogP contribution in [0, 0.1) is 0 Å². The molecule has 0 saturated carbocycles. The van der Waals surface area contributed by atoms with Crippen molar-refractivity contribution < 1.29 is 14.3 Å². The quantitative estimate of drug-likeness (QED) is 0.378. The number of para-hydroxylation sites is 1. The Bertz CT molecular complexity index is 1700. The monoisotopic (exact) mass is 479 g/mol. The van der Waals surface area contributed by atoms with E-state index in [1.54, 1.807) is 17.0 Å². The summed E-state index contributed by atoms with van der Waals surface area (Å²) >= 11 is 0. The highest BCUT2D eigenvalue weighted by Gasteiger charge is 2.30. The van der Waals surface area contributed by atoms with Gasteiger partial charge in [0.05, 0.1) is 12.2 Å². The Balaban J connectivity index is 1.66. The number of anilines is 1. The second-order valence-electron chi connectivity index (χ2n) is 8.53. The van der Waals surface area contributed by atoms with Crippen molar-refractivity contribution in [2.24, 2.45) is 5.73 Å². The van der Waals surface area contributed by atoms with Gasteiger partial charge in [-0.15, -0.1) is 5.10 Å². The molecule has 2 aromatic heterocycles. The first-order valence-electron chi connectivity index (χ1n) is 11.5. The largest absolute Gasteiger partial charge is 0.508 e. The number of amides is 1. The zero-order valence-electron chi connectivity index (χ0n) is 19.1. The van der Waals surface area contributed by atoms with Crippen LogP contribution in [0.1, 0.15) is 12.0 Å². The number of phenols is 1. The molecule has 3 aromatic carbocycles. The predicted molar refractivity (Wildman–Crippen MR) is 135 cm³/mol. The molecule has 9 heteroatoms. The maximum atomic E-state index is 13.2. The van der Waals surface area contributed by atoms with E-state index in [-0.39, 0.29) is 35.9 Å². The molecule has 0 radical (unpaired) electrons. The van der Waals surface area contributed by atoms with E-state index in [0.29, 0.717) is 34.6 Å². The number of hydrogen-bond acceptors (Lipinski definition) is 7. The maximum absolute atomic E-state index is 13.2. The Labute approximate surface area is 205 Å². The lowest BCUT2D eigenvalue weighted by atomic mass is 9.95. The molecule has 1 aliphatic rings. The number of fused-ring (bicyclic) bond motifs is 6. The maximum Gasteiger partial charge on any atom is 0.362 e. The molecule has 3 heterocycles. The van der Waals surface area contributed by atoms with Gasteiger partial charge in [-0.2, -0.15) is 0 Å². The zero-order chi connectivity index (χ0) is 24.8. The molecule has 0 saturated heterocycles. The van der Waals surface area contributed by atoms with Crippen LogP contribution in [0.5, 0.6) is 5.75 Å². The van der Waals surface area contributed by atoms with Crippen molar-refractivity contribution in [2.75, 3.05) is 11.4 Å². The van der Waals surface area contributed by atoms with Crippen LogP contribution in [0.3, 0.4) is 0 Å². The van der Waals surface area contributed by atoms with Gasteiger partial charge in [-0.25, -0.2) is 9.48 Å². The summed E-state index contributed by atoms with van der Waals surface area (Å²) in [6, 6.07) is 21.4. The van der Waals surface area contributed by atoms with Gasteiger partial charge in [0.15, 0.2) is 5.69 Å². The van der Waals surface area contributed by atoms with Gasteiger partial charge in [0.1, 0.15) is 22.7 Å². The lowest BCUT2D eigenvalue weighted by molar-refractivity contribution is -0.118. The van der Waals surface area contributed by atoms with Gasteiger partial charge in [-0.1, -0.05) is 47.7 Å². The van der Waals surface area contributed by atoms with E-state index in [2.05, 4.69) is 10.3 Å². The van der Waals surface area contributed by atoms with Crippen LogP contribution >= 0.6 is 0 Å².